The van der Waals surface area contributed by atoms with Crippen LogP contribution in [0.2, 0.25) is 0 Å². The van der Waals surface area contributed by atoms with E-state index >= 15 is 0 Å². The van der Waals surface area contributed by atoms with Crippen molar-refractivity contribution in [3.05, 3.63) is 77.2 Å². The molecule has 0 saturated carbocycles. The van der Waals surface area contributed by atoms with Crippen molar-refractivity contribution in [2.24, 2.45) is 0 Å². The van der Waals surface area contributed by atoms with E-state index < -0.39 is 0 Å². The number of hydrogen-bond donors (Lipinski definition) is 0. The van der Waals surface area contributed by atoms with Crippen molar-refractivity contribution in [1.82, 2.24) is 0 Å². The van der Waals surface area contributed by atoms with Gasteiger partial charge >= 0.3 is 0 Å². The van der Waals surface area contributed by atoms with Crippen LogP contribution in [-0.4, -0.2) is 0 Å². The maximum atomic E-state index is 4.11. The van der Waals surface area contributed by atoms with Crippen LogP contribution in [0.5, 0.6) is 0 Å². The van der Waals surface area contributed by atoms with Gasteiger partial charge < -0.3 is 0 Å². The summed E-state index contributed by atoms with van der Waals surface area (Å²) in [4.78, 5) is 2.70. The third kappa shape index (κ3) is 2.85. The molecule has 3 aromatic rings. The van der Waals surface area contributed by atoms with Gasteiger partial charge in [-0.15, -0.1) is 0 Å². The molecule has 0 nitrogen and oxygen atoms in total. The van der Waals surface area contributed by atoms with Gasteiger partial charge in [-0.2, -0.15) is 0 Å². The Morgan fingerprint density at radius 1 is 0.958 bits per heavy atom. The Labute approximate surface area is 148 Å². The Hall–Kier alpha value is -2.12. The van der Waals surface area contributed by atoms with Crippen molar-refractivity contribution >= 4 is 32.7 Å². The summed E-state index contributed by atoms with van der Waals surface area (Å²) in [7, 11) is -0.0597. The lowest BCUT2D eigenvalue weighted by atomic mass is 9.87. The fourth-order valence-corrected chi connectivity index (χ4v) is 5.44. The van der Waals surface area contributed by atoms with Crippen molar-refractivity contribution in [2.75, 3.05) is 0 Å². The highest BCUT2D eigenvalue weighted by Crippen LogP contribution is 2.48. The quantitative estimate of drug-likeness (QED) is 0.434. The molecule has 1 atom stereocenters. The molecule has 0 radical (unpaired) electrons. The molecule has 0 aliphatic carbocycles. The standard InChI is InChI=1S/C23H25S/c1-6-10-19-20-11-8-9-12-22(20)24(21(19)7-2)18-15-13-17(14-16-18)23(3,4)5/h6-16H,2H2,1,3-5H3/q+1/b10-6-. The van der Waals surface area contributed by atoms with Crippen molar-refractivity contribution in [2.45, 2.75) is 33.1 Å². The zero-order valence-corrected chi connectivity index (χ0v) is 15.8. The molecule has 1 heteroatoms. The van der Waals surface area contributed by atoms with Crippen LogP contribution >= 0.6 is 10.5 Å². The summed E-state index contributed by atoms with van der Waals surface area (Å²) in [5.74, 6) is 0. The van der Waals surface area contributed by atoms with E-state index in [2.05, 4.69) is 95.0 Å². The van der Waals surface area contributed by atoms with Gasteiger partial charge in [0, 0.05) is 21.4 Å². The molecule has 0 bridgehead atoms. The lowest BCUT2D eigenvalue weighted by Gasteiger charge is -2.18. The minimum atomic E-state index is -0.0597. The lowest BCUT2D eigenvalue weighted by molar-refractivity contribution is 0.590. The molecule has 1 aromatic heterocycles. The van der Waals surface area contributed by atoms with Crippen LogP contribution in [-0.2, 0) is 5.41 Å². The molecule has 122 valence electrons. The number of thiophene rings is 1. The van der Waals surface area contributed by atoms with Crippen LogP contribution < -0.4 is 0 Å². The van der Waals surface area contributed by atoms with E-state index in [9.17, 15) is 0 Å². The van der Waals surface area contributed by atoms with Gasteiger partial charge in [0.15, 0.2) is 14.5 Å². The number of rotatable bonds is 3. The molecular weight excluding hydrogens is 308 g/mol. The Kier molecular flexibility index (Phi) is 4.47. The fourth-order valence-electron chi connectivity index (χ4n) is 3.11. The molecule has 1 heterocycles. The van der Waals surface area contributed by atoms with Gasteiger partial charge in [0.05, 0.1) is 0 Å². The van der Waals surface area contributed by atoms with Crippen molar-refractivity contribution < 1.29 is 0 Å². The first kappa shape index (κ1) is 16.7. The first-order valence-electron chi connectivity index (χ1n) is 8.41. The summed E-state index contributed by atoms with van der Waals surface area (Å²) in [6.07, 6.45) is 6.37. The van der Waals surface area contributed by atoms with Gasteiger partial charge in [-0.05, 0) is 48.2 Å². The van der Waals surface area contributed by atoms with E-state index in [1.165, 1.54) is 31.0 Å². The summed E-state index contributed by atoms with van der Waals surface area (Å²) in [5.41, 5.74) is 2.87. The molecule has 1 unspecified atom stereocenters. The van der Waals surface area contributed by atoms with E-state index in [-0.39, 0.29) is 15.9 Å². The van der Waals surface area contributed by atoms with Crippen LogP contribution in [0.1, 0.15) is 43.7 Å². The largest absolute Gasteiger partial charge is 0.187 e. The van der Waals surface area contributed by atoms with E-state index in [0.717, 1.165) is 0 Å². The van der Waals surface area contributed by atoms with Gasteiger partial charge in [0.25, 0.3) is 0 Å². The predicted molar refractivity (Wildman–Crippen MR) is 111 cm³/mol. The van der Waals surface area contributed by atoms with E-state index in [1.807, 2.05) is 6.08 Å². The molecule has 0 spiro atoms. The maximum absolute atomic E-state index is 4.11. The first-order valence-corrected chi connectivity index (χ1v) is 9.63. The second-order valence-electron chi connectivity index (χ2n) is 7.06. The average molecular weight is 334 g/mol. The highest BCUT2D eigenvalue weighted by molar-refractivity contribution is 7.46. The second-order valence-corrected chi connectivity index (χ2v) is 9.02. The number of hydrogen-bond acceptors (Lipinski definition) is 0. The van der Waals surface area contributed by atoms with Gasteiger partial charge in [-0.25, -0.2) is 0 Å². The van der Waals surface area contributed by atoms with Crippen molar-refractivity contribution in [3.63, 3.8) is 0 Å². The molecular formula is C23H25S+. The molecule has 0 N–H and O–H groups in total. The molecule has 0 aliphatic heterocycles. The smallest absolute Gasteiger partial charge is 0.0936 e. The van der Waals surface area contributed by atoms with Gasteiger partial charge in [0.1, 0.15) is 0 Å². The van der Waals surface area contributed by atoms with Gasteiger partial charge in [-0.1, -0.05) is 63.8 Å². The summed E-state index contributed by atoms with van der Waals surface area (Å²) in [6.45, 7) is 13.0. The fraction of sp³-hybridized carbons (Fsp3) is 0.217. The summed E-state index contributed by atoms with van der Waals surface area (Å²) >= 11 is 0. The third-order valence-electron chi connectivity index (χ3n) is 4.36. The van der Waals surface area contributed by atoms with Crippen LogP contribution in [0.15, 0.2) is 61.2 Å². The number of benzene rings is 2. The number of fused-ring (bicyclic) bond motifs is 1. The van der Waals surface area contributed by atoms with Crippen molar-refractivity contribution in [3.8, 4) is 4.90 Å². The first-order chi connectivity index (χ1) is 11.5. The van der Waals surface area contributed by atoms with Crippen molar-refractivity contribution in [1.29, 1.82) is 0 Å². The molecule has 0 aliphatic rings. The SMILES string of the molecule is C=Cc1c(/C=C\C)c2ccccc2[s+]1-c1ccc(C(C)(C)C)cc1. The Balaban J connectivity index is 2.28. The van der Waals surface area contributed by atoms with E-state index in [0.29, 0.717) is 0 Å². The van der Waals surface area contributed by atoms with Crippen LogP contribution in [0.25, 0.3) is 27.1 Å². The Morgan fingerprint density at radius 3 is 2.21 bits per heavy atom. The Morgan fingerprint density at radius 2 is 1.62 bits per heavy atom. The van der Waals surface area contributed by atoms with Gasteiger partial charge in [-0.3, -0.25) is 0 Å². The summed E-state index contributed by atoms with van der Waals surface area (Å²) in [6, 6.07) is 17.9. The third-order valence-corrected chi connectivity index (χ3v) is 6.72. The van der Waals surface area contributed by atoms with E-state index in [1.54, 1.807) is 0 Å². The van der Waals surface area contributed by atoms with Crippen LogP contribution in [0.3, 0.4) is 0 Å². The summed E-state index contributed by atoms with van der Waals surface area (Å²) in [5, 5.41) is 1.34. The zero-order chi connectivity index (χ0) is 17.3. The zero-order valence-electron chi connectivity index (χ0n) is 15.0. The van der Waals surface area contributed by atoms with Crippen LogP contribution in [0, 0.1) is 0 Å². The molecule has 0 fully saturated rings. The Bertz CT molecular complexity index is 900. The normalized spacial score (nSPS) is 12.9. The monoisotopic (exact) mass is 333 g/mol. The number of allylic oxidation sites excluding steroid dienone is 1. The minimum absolute atomic E-state index is 0.0597. The topological polar surface area (TPSA) is 0 Å². The predicted octanol–water partition coefficient (Wildman–Crippen LogP) is 7.55. The van der Waals surface area contributed by atoms with Gasteiger partial charge in [0.2, 0.25) is 0 Å². The highest BCUT2D eigenvalue weighted by atomic mass is 32.2. The lowest BCUT2D eigenvalue weighted by Crippen LogP contribution is -2.10. The molecule has 0 saturated heterocycles. The maximum Gasteiger partial charge on any atom is 0.187 e. The van der Waals surface area contributed by atoms with E-state index in [4.69, 9.17) is 0 Å². The molecule has 24 heavy (non-hydrogen) atoms. The molecule has 0 amide bonds. The average Bonchev–Trinajstić information content (AvgIpc) is 2.88. The minimum Gasteiger partial charge on any atom is -0.0936 e. The van der Waals surface area contributed by atoms with Crippen LogP contribution in [0.4, 0.5) is 0 Å². The summed E-state index contributed by atoms with van der Waals surface area (Å²) < 4.78 is 1.41. The molecule has 3 rings (SSSR count). The second kappa shape index (κ2) is 6.41. The molecule has 2 aromatic carbocycles. The highest BCUT2D eigenvalue weighted by Gasteiger charge is 2.26.